The van der Waals surface area contributed by atoms with Gasteiger partial charge in [0.05, 0.1) is 4.88 Å². The van der Waals surface area contributed by atoms with Crippen LogP contribution in [0.1, 0.15) is 15.2 Å². The average Bonchev–Trinajstić information content (AvgIpc) is 2.93. The van der Waals surface area contributed by atoms with Crippen molar-refractivity contribution in [2.24, 2.45) is 0 Å². The molecular formula is C14H12N2O2S. The topological polar surface area (TPSA) is 58.2 Å². The summed E-state index contributed by atoms with van der Waals surface area (Å²) < 4.78 is 0. The summed E-state index contributed by atoms with van der Waals surface area (Å²) in [6.07, 6.45) is 0.527. The van der Waals surface area contributed by atoms with Crippen molar-refractivity contribution in [3.63, 3.8) is 0 Å². The smallest absolute Gasteiger partial charge is 0.262 e. The molecule has 4 nitrogen and oxygen atoms in total. The minimum atomic E-state index is -0.510. The van der Waals surface area contributed by atoms with Gasteiger partial charge in [0.15, 0.2) is 0 Å². The molecule has 96 valence electrons. The number of hydrogen-bond acceptors (Lipinski definition) is 3. The second-order valence-electron chi connectivity index (χ2n) is 4.35. The maximum Gasteiger partial charge on any atom is 0.262 e. The molecule has 2 amide bonds. The molecule has 1 aromatic heterocycles. The number of fused-ring (bicyclic) bond motifs is 1. The van der Waals surface area contributed by atoms with E-state index in [9.17, 15) is 9.59 Å². The Morgan fingerprint density at radius 3 is 2.89 bits per heavy atom. The summed E-state index contributed by atoms with van der Waals surface area (Å²) >= 11 is 1.36. The van der Waals surface area contributed by atoms with Crippen LogP contribution in [0.5, 0.6) is 0 Å². The van der Waals surface area contributed by atoms with Gasteiger partial charge >= 0.3 is 0 Å². The van der Waals surface area contributed by atoms with Gasteiger partial charge in [-0.2, -0.15) is 0 Å². The molecule has 2 aromatic rings. The van der Waals surface area contributed by atoms with Gasteiger partial charge in [0, 0.05) is 12.1 Å². The summed E-state index contributed by atoms with van der Waals surface area (Å²) in [5.41, 5.74) is 1.87. The molecular weight excluding hydrogens is 260 g/mol. The van der Waals surface area contributed by atoms with Crippen LogP contribution in [-0.2, 0) is 11.2 Å². The summed E-state index contributed by atoms with van der Waals surface area (Å²) in [4.78, 5) is 24.5. The van der Waals surface area contributed by atoms with Crippen molar-refractivity contribution in [2.45, 2.75) is 12.5 Å². The number of para-hydroxylation sites is 1. The van der Waals surface area contributed by atoms with E-state index < -0.39 is 6.04 Å². The molecule has 0 aliphatic carbocycles. The molecule has 2 N–H and O–H groups in total. The molecule has 1 aromatic carbocycles. The summed E-state index contributed by atoms with van der Waals surface area (Å²) in [6.45, 7) is 0. The monoisotopic (exact) mass is 272 g/mol. The van der Waals surface area contributed by atoms with Crippen LogP contribution in [0.3, 0.4) is 0 Å². The number of hydrogen-bond donors (Lipinski definition) is 2. The highest BCUT2D eigenvalue weighted by Crippen LogP contribution is 2.22. The normalized spacial score (nSPS) is 17.5. The molecule has 5 heteroatoms. The molecule has 0 radical (unpaired) electrons. The second-order valence-corrected chi connectivity index (χ2v) is 5.30. The van der Waals surface area contributed by atoms with Gasteiger partial charge in [0.1, 0.15) is 6.04 Å². The molecule has 3 rings (SSSR count). The van der Waals surface area contributed by atoms with E-state index in [1.165, 1.54) is 11.3 Å². The minimum Gasteiger partial charge on any atom is -0.339 e. The third kappa shape index (κ3) is 2.37. The van der Waals surface area contributed by atoms with Gasteiger partial charge in [-0.1, -0.05) is 24.3 Å². The maximum absolute atomic E-state index is 12.0. The molecule has 0 fully saturated rings. The zero-order chi connectivity index (χ0) is 13.2. The second kappa shape index (κ2) is 4.85. The summed E-state index contributed by atoms with van der Waals surface area (Å²) in [5, 5.41) is 7.42. The van der Waals surface area contributed by atoms with Gasteiger partial charge in [-0.3, -0.25) is 9.59 Å². The highest BCUT2D eigenvalue weighted by atomic mass is 32.1. The van der Waals surface area contributed by atoms with Crippen molar-refractivity contribution >= 4 is 28.8 Å². The molecule has 0 bridgehead atoms. The van der Waals surface area contributed by atoms with E-state index in [1.54, 1.807) is 6.07 Å². The third-order valence-corrected chi connectivity index (χ3v) is 3.93. The predicted octanol–water partition coefficient (Wildman–Crippen LogP) is 2.04. The minimum absolute atomic E-state index is 0.163. The number of benzene rings is 1. The lowest BCUT2D eigenvalue weighted by molar-refractivity contribution is -0.118. The van der Waals surface area contributed by atoms with Gasteiger partial charge in [-0.15, -0.1) is 11.3 Å². The zero-order valence-corrected chi connectivity index (χ0v) is 10.9. The summed E-state index contributed by atoms with van der Waals surface area (Å²) in [7, 11) is 0. The number of amides is 2. The highest BCUT2D eigenvalue weighted by molar-refractivity contribution is 7.12. The predicted molar refractivity (Wildman–Crippen MR) is 74.3 cm³/mol. The fraction of sp³-hybridized carbons (Fsp3) is 0.143. The van der Waals surface area contributed by atoms with Crippen molar-refractivity contribution in [1.82, 2.24) is 5.32 Å². The van der Waals surface area contributed by atoms with E-state index in [2.05, 4.69) is 10.6 Å². The first kappa shape index (κ1) is 11.9. The molecule has 0 saturated carbocycles. The van der Waals surface area contributed by atoms with E-state index in [0.29, 0.717) is 11.3 Å². The summed E-state index contributed by atoms with van der Waals surface area (Å²) in [5.74, 6) is -0.363. The van der Waals surface area contributed by atoms with Crippen LogP contribution < -0.4 is 10.6 Å². The van der Waals surface area contributed by atoms with Crippen molar-refractivity contribution in [1.29, 1.82) is 0 Å². The number of carbonyl (C=O) groups excluding carboxylic acids is 2. The molecule has 1 aliphatic heterocycles. The molecule has 0 spiro atoms. The Bertz CT molecular complexity index is 622. The fourth-order valence-electron chi connectivity index (χ4n) is 2.11. The van der Waals surface area contributed by atoms with Crippen molar-refractivity contribution in [3.8, 4) is 0 Å². The van der Waals surface area contributed by atoms with Gasteiger partial charge in [-0.25, -0.2) is 0 Å². The SMILES string of the molecule is O=C(N[C@@H]1Cc2ccccc2NC1=O)c1cccs1. The first-order valence-corrected chi connectivity index (χ1v) is 6.85. The Balaban J connectivity index is 1.76. The lowest BCUT2D eigenvalue weighted by Crippen LogP contribution is -2.47. The standard InChI is InChI=1S/C14H12N2O2S/c17-13-11(16-14(18)12-6-3-7-19-12)8-9-4-1-2-5-10(9)15-13/h1-7,11H,8H2,(H,15,17)(H,16,18)/t11-/m1/s1. The van der Waals surface area contributed by atoms with E-state index >= 15 is 0 Å². The largest absolute Gasteiger partial charge is 0.339 e. The lowest BCUT2D eigenvalue weighted by Gasteiger charge is -2.25. The van der Waals surface area contributed by atoms with Gasteiger partial charge < -0.3 is 10.6 Å². The lowest BCUT2D eigenvalue weighted by atomic mass is 9.99. The van der Waals surface area contributed by atoms with Crippen molar-refractivity contribution in [2.75, 3.05) is 5.32 Å². The Hall–Kier alpha value is -2.14. The van der Waals surface area contributed by atoms with Crippen molar-refractivity contribution < 1.29 is 9.59 Å². The fourth-order valence-corrected chi connectivity index (χ4v) is 2.73. The van der Waals surface area contributed by atoms with Gasteiger partial charge in [0.2, 0.25) is 5.91 Å². The molecule has 19 heavy (non-hydrogen) atoms. The number of rotatable bonds is 2. The Labute approximate surface area is 114 Å². The quantitative estimate of drug-likeness (QED) is 0.879. The Kier molecular flexibility index (Phi) is 3.05. The van der Waals surface area contributed by atoms with E-state index in [0.717, 1.165) is 11.3 Å². The number of thiophene rings is 1. The number of carbonyl (C=O) groups is 2. The van der Waals surface area contributed by atoms with Gasteiger partial charge in [0.25, 0.3) is 5.91 Å². The maximum atomic E-state index is 12.0. The third-order valence-electron chi connectivity index (χ3n) is 3.07. The number of nitrogens with one attached hydrogen (secondary N) is 2. The van der Waals surface area contributed by atoms with Crippen molar-refractivity contribution in [3.05, 3.63) is 52.2 Å². The van der Waals surface area contributed by atoms with Crippen LogP contribution >= 0.6 is 11.3 Å². The van der Waals surface area contributed by atoms with E-state index in [1.807, 2.05) is 35.7 Å². The summed E-state index contributed by atoms with van der Waals surface area (Å²) in [6, 6.07) is 10.7. The molecule has 0 unspecified atom stereocenters. The average molecular weight is 272 g/mol. The van der Waals surface area contributed by atoms with Crippen LogP contribution in [0.4, 0.5) is 5.69 Å². The first-order valence-electron chi connectivity index (χ1n) is 5.97. The Morgan fingerprint density at radius 2 is 2.11 bits per heavy atom. The molecule has 0 saturated heterocycles. The van der Waals surface area contributed by atoms with E-state index in [-0.39, 0.29) is 11.8 Å². The van der Waals surface area contributed by atoms with E-state index in [4.69, 9.17) is 0 Å². The van der Waals surface area contributed by atoms with Crippen LogP contribution in [0.15, 0.2) is 41.8 Å². The molecule has 1 atom stereocenters. The zero-order valence-electron chi connectivity index (χ0n) is 10.1. The first-order chi connectivity index (χ1) is 9.24. The van der Waals surface area contributed by atoms with Gasteiger partial charge in [-0.05, 0) is 23.1 Å². The molecule has 2 heterocycles. The molecule has 1 aliphatic rings. The van der Waals surface area contributed by atoms with Crippen LogP contribution in [0.2, 0.25) is 0 Å². The van der Waals surface area contributed by atoms with Crippen LogP contribution in [0.25, 0.3) is 0 Å². The van der Waals surface area contributed by atoms with Crippen LogP contribution in [0, 0.1) is 0 Å². The Morgan fingerprint density at radius 1 is 1.26 bits per heavy atom. The highest BCUT2D eigenvalue weighted by Gasteiger charge is 2.27. The number of anilines is 1. The van der Waals surface area contributed by atoms with Crippen LogP contribution in [-0.4, -0.2) is 17.9 Å².